The Hall–Kier alpha value is -2.64. The van der Waals surface area contributed by atoms with Gasteiger partial charge in [-0.2, -0.15) is 0 Å². The number of fused-ring (bicyclic) bond motifs is 1. The molecule has 1 heterocycles. The van der Waals surface area contributed by atoms with E-state index in [1.54, 1.807) is 12.1 Å². The van der Waals surface area contributed by atoms with Crippen molar-refractivity contribution in [2.24, 2.45) is 0 Å². The van der Waals surface area contributed by atoms with Crippen LogP contribution in [0.15, 0.2) is 62.6 Å². The molecule has 26 heavy (non-hydrogen) atoms. The quantitative estimate of drug-likeness (QED) is 0.489. The van der Waals surface area contributed by atoms with Crippen LogP contribution in [-0.2, 0) is 9.84 Å². The maximum absolute atomic E-state index is 12.4. The molecule has 0 N–H and O–H groups in total. The number of hydrogen-bond donors (Lipinski definition) is 0. The van der Waals surface area contributed by atoms with Gasteiger partial charge in [-0.3, -0.25) is 4.79 Å². The molecule has 0 fully saturated rings. The van der Waals surface area contributed by atoms with E-state index in [1.165, 1.54) is 43.5 Å². The van der Waals surface area contributed by atoms with Crippen molar-refractivity contribution in [2.75, 3.05) is 12.9 Å². The summed E-state index contributed by atoms with van der Waals surface area (Å²) in [5.41, 5.74) is -0.992. The Morgan fingerprint density at radius 2 is 1.92 bits per heavy atom. The van der Waals surface area contributed by atoms with Crippen LogP contribution in [0.5, 0.6) is 5.75 Å². The van der Waals surface area contributed by atoms with Crippen LogP contribution in [-0.4, -0.2) is 27.1 Å². The monoisotopic (exact) mass is 392 g/mol. The summed E-state index contributed by atoms with van der Waals surface area (Å²) in [5, 5.41) is 0.714. The Morgan fingerprint density at radius 3 is 2.62 bits per heavy atom. The first-order valence-electron chi connectivity index (χ1n) is 7.43. The number of carbonyl (C=O) groups excluding carboxylic acids is 1. The Labute approximate surface area is 153 Å². The normalized spacial score (nSPS) is 11.5. The maximum atomic E-state index is 12.4. The van der Waals surface area contributed by atoms with Gasteiger partial charge in [0.05, 0.1) is 12.0 Å². The molecular formula is C18H13ClO6S. The Kier molecular flexibility index (Phi) is 4.84. The second-order valence-corrected chi connectivity index (χ2v) is 7.92. The molecule has 0 aliphatic carbocycles. The molecule has 0 saturated carbocycles. The van der Waals surface area contributed by atoms with Gasteiger partial charge < -0.3 is 9.15 Å². The zero-order chi connectivity index (χ0) is 18.9. The topological polar surface area (TPSA) is 90.7 Å². The van der Waals surface area contributed by atoms with Crippen molar-refractivity contribution in [1.29, 1.82) is 0 Å². The average molecular weight is 393 g/mol. The third-order valence-electron chi connectivity index (χ3n) is 3.72. The molecule has 0 atom stereocenters. The highest BCUT2D eigenvalue weighted by molar-refractivity contribution is 7.92. The van der Waals surface area contributed by atoms with Gasteiger partial charge in [-0.25, -0.2) is 13.2 Å². The number of benzene rings is 2. The number of ether oxygens (including phenoxy) is 1. The number of halogens is 1. The minimum Gasteiger partial charge on any atom is -0.497 e. The molecule has 0 aliphatic rings. The van der Waals surface area contributed by atoms with Crippen molar-refractivity contribution >= 4 is 38.2 Å². The lowest BCUT2D eigenvalue weighted by Crippen LogP contribution is -2.22. The van der Waals surface area contributed by atoms with Crippen LogP contribution in [0.1, 0.15) is 10.4 Å². The highest BCUT2D eigenvalue weighted by atomic mass is 35.5. The van der Waals surface area contributed by atoms with Gasteiger partial charge in [-0.05, 0) is 36.4 Å². The molecule has 3 rings (SSSR count). The molecule has 2 aromatic carbocycles. The standard InChI is InChI=1S/C18H13ClO6S/c1-24-13-6-5-11-7-15(18(21)25-17(11)9-13)16(20)10-26(22,23)14-4-2-3-12(19)8-14/h2-9H,10H2,1H3. The molecule has 8 heteroatoms. The minimum absolute atomic E-state index is 0.0896. The molecule has 6 nitrogen and oxygen atoms in total. The number of Topliss-reactive ketones (excluding diaryl/α,β-unsaturated/α-hetero) is 1. The van der Waals surface area contributed by atoms with Crippen molar-refractivity contribution in [3.05, 3.63) is 69.5 Å². The summed E-state index contributed by atoms with van der Waals surface area (Å²) >= 11 is 5.80. The summed E-state index contributed by atoms with van der Waals surface area (Å²) in [6.07, 6.45) is 0. The van der Waals surface area contributed by atoms with Gasteiger partial charge in [0.25, 0.3) is 0 Å². The van der Waals surface area contributed by atoms with Gasteiger partial charge >= 0.3 is 5.63 Å². The minimum atomic E-state index is -3.95. The second kappa shape index (κ2) is 6.93. The highest BCUT2D eigenvalue weighted by Crippen LogP contribution is 2.21. The molecule has 0 radical (unpaired) electrons. The summed E-state index contributed by atoms with van der Waals surface area (Å²) in [4.78, 5) is 24.4. The van der Waals surface area contributed by atoms with E-state index in [2.05, 4.69) is 0 Å². The SMILES string of the molecule is COc1ccc2cc(C(=O)CS(=O)(=O)c3cccc(Cl)c3)c(=O)oc2c1. The van der Waals surface area contributed by atoms with E-state index in [4.69, 9.17) is 20.8 Å². The third kappa shape index (κ3) is 3.63. The fraction of sp³-hybridized carbons (Fsp3) is 0.111. The molecule has 134 valence electrons. The lowest BCUT2D eigenvalue weighted by Gasteiger charge is -2.06. The second-order valence-electron chi connectivity index (χ2n) is 5.49. The van der Waals surface area contributed by atoms with E-state index < -0.39 is 27.0 Å². The first-order valence-corrected chi connectivity index (χ1v) is 9.46. The number of hydrogen-bond acceptors (Lipinski definition) is 6. The van der Waals surface area contributed by atoms with Crippen LogP contribution in [0.2, 0.25) is 5.02 Å². The number of carbonyl (C=O) groups is 1. The number of sulfone groups is 1. The van der Waals surface area contributed by atoms with Crippen LogP contribution in [0.25, 0.3) is 11.0 Å². The molecule has 0 saturated heterocycles. The van der Waals surface area contributed by atoms with Crippen molar-refractivity contribution < 1.29 is 22.4 Å². The first kappa shape index (κ1) is 18.2. The smallest absolute Gasteiger partial charge is 0.347 e. The zero-order valence-corrected chi connectivity index (χ0v) is 15.1. The lowest BCUT2D eigenvalue weighted by molar-refractivity contribution is 0.101. The Bertz CT molecular complexity index is 1160. The van der Waals surface area contributed by atoms with E-state index in [0.29, 0.717) is 11.1 Å². The summed E-state index contributed by atoms with van der Waals surface area (Å²) in [6, 6.07) is 11.7. The van der Waals surface area contributed by atoms with Crippen molar-refractivity contribution in [3.63, 3.8) is 0 Å². The van der Waals surface area contributed by atoms with Crippen LogP contribution in [0.3, 0.4) is 0 Å². The summed E-state index contributed by atoms with van der Waals surface area (Å²) in [7, 11) is -2.48. The highest BCUT2D eigenvalue weighted by Gasteiger charge is 2.23. The number of ketones is 1. The number of rotatable bonds is 5. The largest absolute Gasteiger partial charge is 0.497 e. The van der Waals surface area contributed by atoms with Gasteiger partial charge in [0, 0.05) is 16.5 Å². The van der Waals surface area contributed by atoms with Crippen molar-refractivity contribution in [3.8, 4) is 5.75 Å². The summed E-state index contributed by atoms with van der Waals surface area (Å²) < 4.78 is 35.0. The van der Waals surface area contributed by atoms with Gasteiger partial charge in [-0.15, -0.1) is 0 Å². The van der Waals surface area contributed by atoms with E-state index in [9.17, 15) is 18.0 Å². The molecule has 0 aliphatic heterocycles. The Balaban J connectivity index is 1.97. The predicted molar refractivity (Wildman–Crippen MR) is 96.9 cm³/mol. The van der Waals surface area contributed by atoms with E-state index in [0.717, 1.165) is 0 Å². The first-order chi connectivity index (χ1) is 12.3. The van der Waals surface area contributed by atoms with E-state index in [1.807, 2.05) is 0 Å². The summed E-state index contributed by atoms with van der Waals surface area (Å²) in [5.74, 6) is -1.22. The zero-order valence-electron chi connectivity index (χ0n) is 13.6. The van der Waals surface area contributed by atoms with Crippen molar-refractivity contribution in [2.45, 2.75) is 4.90 Å². The van der Waals surface area contributed by atoms with Gasteiger partial charge in [0.1, 0.15) is 22.6 Å². The Morgan fingerprint density at radius 1 is 1.15 bits per heavy atom. The fourth-order valence-corrected chi connectivity index (χ4v) is 3.92. The molecule has 0 spiro atoms. The number of methoxy groups -OCH3 is 1. The molecule has 3 aromatic rings. The van der Waals surface area contributed by atoms with Crippen LogP contribution < -0.4 is 10.4 Å². The molecule has 0 unspecified atom stereocenters. The maximum Gasteiger partial charge on any atom is 0.347 e. The molecule has 1 aromatic heterocycles. The molecule has 0 amide bonds. The predicted octanol–water partition coefficient (Wildman–Crippen LogP) is 3.11. The van der Waals surface area contributed by atoms with E-state index in [-0.39, 0.29) is 21.1 Å². The van der Waals surface area contributed by atoms with Gasteiger partial charge in [-0.1, -0.05) is 17.7 Å². The fourth-order valence-electron chi connectivity index (χ4n) is 2.41. The van der Waals surface area contributed by atoms with Crippen LogP contribution >= 0.6 is 11.6 Å². The van der Waals surface area contributed by atoms with Gasteiger partial charge in [0.15, 0.2) is 15.6 Å². The third-order valence-corrected chi connectivity index (χ3v) is 5.57. The lowest BCUT2D eigenvalue weighted by atomic mass is 10.1. The van der Waals surface area contributed by atoms with Crippen LogP contribution in [0, 0.1) is 0 Å². The van der Waals surface area contributed by atoms with Gasteiger partial charge in [0.2, 0.25) is 0 Å². The molecule has 0 bridgehead atoms. The van der Waals surface area contributed by atoms with Crippen LogP contribution in [0.4, 0.5) is 0 Å². The summed E-state index contributed by atoms with van der Waals surface area (Å²) in [6.45, 7) is 0. The average Bonchev–Trinajstić information content (AvgIpc) is 2.60. The van der Waals surface area contributed by atoms with Crippen molar-refractivity contribution in [1.82, 2.24) is 0 Å². The van der Waals surface area contributed by atoms with E-state index >= 15 is 0 Å². The molecular weight excluding hydrogens is 380 g/mol.